The third-order valence-corrected chi connectivity index (χ3v) is 5.32. The first-order valence-electron chi connectivity index (χ1n) is 8.07. The van der Waals surface area contributed by atoms with Crippen LogP contribution in [0.3, 0.4) is 0 Å². The Morgan fingerprint density at radius 2 is 1.90 bits per heavy atom. The monoisotopic (exact) mass is 285 g/mol. The number of hydrogen-bond acceptors (Lipinski definition) is 2. The second-order valence-corrected chi connectivity index (χ2v) is 7.76. The Labute approximate surface area is 126 Å². The molecule has 2 aliphatic carbocycles. The van der Waals surface area contributed by atoms with Crippen LogP contribution in [0.5, 0.6) is 0 Å². The van der Waals surface area contributed by atoms with E-state index in [-0.39, 0.29) is 6.09 Å². The Morgan fingerprint density at radius 1 is 1.19 bits per heavy atom. The first-order chi connectivity index (χ1) is 9.96. The Bertz CT molecular complexity index is 589. The quantitative estimate of drug-likeness (QED) is 0.710. The van der Waals surface area contributed by atoms with E-state index in [9.17, 15) is 4.79 Å². The minimum Gasteiger partial charge on any atom is -0.443 e. The number of amides is 1. The zero-order chi connectivity index (χ0) is 14.8. The van der Waals surface area contributed by atoms with Crippen molar-refractivity contribution >= 4 is 11.8 Å². The van der Waals surface area contributed by atoms with E-state index in [4.69, 9.17) is 4.74 Å². The predicted molar refractivity (Wildman–Crippen MR) is 82.5 cm³/mol. The minimum absolute atomic E-state index is 0.171. The lowest BCUT2D eigenvalue weighted by Gasteiger charge is -2.33. The summed E-state index contributed by atoms with van der Waals surface area (Å²) in [6, 6.07) is 8.74. The van der Waals surface area contributed by atoms with Gasteiger partial charge >= 0.3 is 6.09 Å². The number of hydrogen-bond donors (Lipinski definition) is 0. The maximum absolute atomic E-state index is 12.7. The maximum Gasteiger partial charge on any atom is 0.415 e. The molecule has 3 aliphatic rings. The highest BCUT2D eigenvalue weighted by Crippen LogP contribution is 2.60. The predicted octanol–water partition coefficient (Wildman–Crippen LogP) is 4.32. The summed E-state index contributed by atoms with van der Waals surface area (Å²) in [5.41, 5.74) is 2.00. The fourth-order valence-corrected chi connectivity index (χ4v) is 4.75. The number of fused-ring (bicyclic) bond motifs is 7. The lowest BCUT2D eigenvalue weighted by atomic mass is 9.82. The molecule has 21 heavy (non-hydrogen) atoms. The largest absolute Gasteiger partial charge is 0.443 e. The molecule has 4 rings (SSSR count). The molecule has 3 nitrogen and oxygen atoms in total. The standard InChI is InChI=1S/C18H23NO2/c1-18(2,3)21-17(20)19-14-7-5-4-6-13(14)15-11-8-9-12(10-11)16(15)19/h4-7,11-12,15-16H,8-10H2,1-3H3/t11-,12+,15-,16-/m1/s1. The molecule has 1 aromatic carbocycles. The van der Waals surface area contributed by atoms with Gasteiger partial charge in [-0.05, 0) is 63.5 Å². The topological polar surface area (TPSA) is 29.5 Å². The molecule has 0 N–H and O–H groups in total. The number of carbonyl (C=O) groups excluding carboxylic acids is 1. The molecule has 112 valence electrons. The van der Waals surface area contributed by atoms with Crippen LogP contribution in [-0.4, -0.2) is 17.7 Å². The number of rotatable bonds is 0. The van der Waals surface area contributed by atoms with Gasteiger partial charge in [0.25, 0.3) is 0 Å². The van der Waals surface area contributed by atoms with E-state index in [1.165, 1.54) is 24.8 Å². The van der Waals surface area contributed by atoms with Crippen LogP contribution in [0.2, 0.25) is 0 Å². The van der Waals surface area contributed by atoms with Crippen molar-refractivity contribution in [3.8, 4) is 0 Å². The first kappa shape index (κ1) is 13.2. The molecular weight excluding hydrogens is 262 g/mol. The summed E-state index contributed by atoms with van der Waals surface area (Å²) in [7, 11) is 0. The molecule has 0 spiro atoms. The van der Waals surface area contributed by atoms with Gasteiger partial charge in [0.1, 0.15) is 5.60 Å². The highest BCUT2D eigenvalue weighted by molar-refractivity contribution is 5.92. The SMILES string of the molecule is CC(C)(C)OC(=O)N1c2ccccc2[C@H]2[C@@H]3CC[C@@H](C3)[C@H]21. The van der Waals surface area contributed by atoms with Crippen LogP contribution in [0.25, 0.3) is 0 Å². The van der Waals surface area contributed by atoms with Crippen molar-refractivity contribution in [3.05, 3.63) is 29.8 Å². The van der Waals surface area contributed by atoms with Gasteiger partial charge in [0.15, 0.2) is 0 Å². The molecule has 3 heteroatoms. The summed E-state index contributed by atoms with van der Waals surface area (Å²) < 4.78 is 5.68. The van der Waals surface area contributed by atoms with Crippen LogP contribution >= 0.6 is 0 Å². The van der Waals surface area contributed by atoms with E-state index in [2.05, 4.69) is 18.2 Å². The van der Waals surface area contributed by atoms with Crippen molar-refractivity contribution in [3.63, 3.8) is 0 Å². The van der Waals surface area contributed by atoms with Crippen LogP contribution in [0.15, 0.2) is 24.3 Å². The zero-order valence-electron chi connectivity index (χ0n) is 13.0. The summed E-state index contributed by atoms with van der Waals surface area (Å²) in [6.45, 7) is 5.81. The molecular formula is C18H23NO2. The molecule has 1 aliphatic heterocycles. The van der Waals surface area contributed by atoms with Gasteiger partial charge in [0, 0.05) is 5.92 Å². The van der Waals surface area contributed by atoms with E-state index in [1.807, 2.05) is 31.7 Å². The van der Waals surface area contributed by atoms with E-state index < -0.39 is 5.60 Å². The molecule has 2 saturated carbocycles. The van der Waals surface area contributed by atoms with Crippen LogP contribution in [-0.2, 0) is 4.74 Å². The van der Waals surface area contributed by atoms with Gasteiger partial charge < -0.3 is 4.74 Å². The van der Waals surface area contributed by atoms with Crippen molar-refractivity contribution in [2.75, 3.05) is 4.90 Å². The summed E-state index contributed by atoms with van der Waals surface area (Å²) in [4.78, 5) is 14.7. The Morgan fingerprint density at radius 3 is 2.67 bits per heavy atom. The van der Waals surface area contributed by atoms with Crippen molar-refractivity contribution < 1.29 is 9.53 Å². The van der Waals surface area contributed by atoms with Crippen LogP contribution in [0.1, 0.15) is 51.5 Å². The van der Waals surface area contributed by atoms with E-state index in [1.54, 1.807) is 0 Å². The zero-order valence-corrected chi connectivity index (χ0v) is 13.0. The summed E-state index contributed by atoms with van der Waals surface area (Å²) in [5.74, 6) is 1.95. The van der Waals surface area contributed by atoms with Crippen molar-refractivity contribution in [2.24, 2.45) is 11.8 Å². The smallest absolute Gasteiger partial charge is 0.415 e. The molecule has 4 atom stereocenters. The molecule has 0 unspecified atom stereocenters. The van der Waals surface area contributed by atoms with Crippen molar-refractivity contribution in [1.82, 2.24) is 0 Å². The van der Waals surface area contributed by atoms with Gasteiger partial charge in [-0.15, -0.1) is 0 Å². The Balaban J connectivity index is 1.74. The first-order valence-corrected chi connectivity index (χ1v) is 8.07. The van der Waals surface area contributed by atoms with Crippen molar-refractivity contribution in [1.29, 1.82) is 0 Å². The van der Waals surface area contributed by atoms with Gasteiger partial charge in [0.2, 0.25) is 0 Å². The molecule has 1 amide bonds. The van der Waals surface area contributed by atoms with Gasteiger partial charge in [-0.3, -0.25) is 4.90 Å². The van der Waals surface area contributed by atoms with Gasteiger partial charge in [0.05, 0.1) is 11.7 Å². The number of ether oxygens (including phenoxy) is 1. The van der Waals surface area contributed by atoms with E-state index >= 15 is 0 Å². The number of anilines is 1. The molecule has 1 heterocycles. The second kappa shape index (κ2) is 4.25. The van der Waals surface area contributed by atoms with Crippen molar-refractivity contribution in [2.45, 2.75) is 57.6 Å². The van der Waals surface area contributed by atoms with E-state index in [0.29, 0.717) is 17.9 Å². The minimum atomic E-state index is -0.443. The summed E-state index contributed by atoms with van der Waals surface area (Å²) in [5, 5.41) is 0. The number of nitrogens with zero attached hydrogens (tertiary/aromatic N) is 1. The average molecular weight is 285 g/mol. The molecule has 0 saturated heterocycles. The normalized spacial score (nSPS) is 33.0. The van der Waals surface area contributed by atoms with Crippen LogP contribution < -0.4 is 4.90 Å². The molecule has 1 aromatic rings. The molecule has 2 fully saturated rings. The fourth-order valence-electron chi connectivity index (χ4n) is 4.75. The second-order valence-electron chi connectivity index (χ2n) is 7.76. The third kappa shape index (κ3) is 1.90. The molecule has 0 aromatic heterocycles. The van der Waals surface area contributed by atoms with Crippen LogP contribution in [0.4, 0.5) is 10.5 Å². The molecule has 0 radical (unpaired) electrons. The number of para-hydroxylation sites is 1. The Kier molecular flexibility index (Phi) is 2.66. The lowest BCUT2D eigenvalue weighted by molar-refractivity contribution is 0.0557. The Hall–Kier alpha value is -1.51. The van der Waals surface area contributed by atoms with Crippen LogP contribution in [0, 0.1) is 11.8 Å². The van der Waals surface area contributed by atoms with Gasteiger partial charge in [-0.2, -0.15) is 0 Å². The molecule has 2 bridgehead atoms. The lowest BCUT2D eigenvalue weighted by Crippen LogP contribution is -2.45. The number of carbonyl (C=O) groups is 1. The highest BCUT2D eigenvalue weighted by Gasteiger charge is 2.57. The maximum atomic E-state index is 12.7. The highest BCUT2D eigenvalue weighted by atomic mass is 16.6. The number of benzene rings is 1. The third-order valence-electron chi connectivity index (χ3n) is 5.32. The van der Waals surface area contributed by atoms with Gasteiger partial charge in [-0.25, -0.2) is 4.79 Å². The summed E-state index contributed by atoms with van der Waals surface area (Å²) in [6.07, 6.45) is 3.69. The average Bonchev–Trinajstić information content (AvgIpc) is 3.06. The van der Waals surface area contributed by atoms with Gasteiger partial charge in [-0.1, -0.05) is 18.2 Å². The fraction of sp³-hybridized carbons (Fsp3) is 0.611. The summed E-state index contributed by atoms with van der Waals surface area (Å²) >= 11 is 0. The van der Waals surface area contributed by atoms with E-state index in [0.717, 1.165) is 11.6 Å².